The van der Waals surface area contributed by atoms with Gasteiger partial charge in [-0.1, -0.05) is 6.92 Å². The second-order valence-electron chi connectivity index (χ2n) is 2.73. The lowest BCUT2D eigenvalue weighted by molar-refractivity contribution is 0.266. The standard InChI is InChI=1S/C6H13NS/c1-4(8)5-2-6(7)3-5/h4-6,8H,2-3,7H2,1H3. The maximum Gasteiger partial charge on any atom is 0.00449 e. The molecule has 1 aliphatic rings. The highest BCUT2D eigenvalue weighted by Gasteiger charge is 2.28. The van der Waals surface area contributed by atoms with Gasteiger partial charge in [0.15, 0.2) is 0 Å². The fraction of sp³-hybridized carbons (Fsp3) is 1.00. The van der Waals surface area contributed by atoms with Crippen molar-refractivity contribution in [1.29, 1.82) is 0 Å². The summed E-state index contributed by atoms with van der Waals surface area (Å²) in [6.45, 7) is 2.14. The molecule has 0 bridgehead atoms. The van der Waals surface area contributed by atoms with E-state index in [1.807, 2.05) is 0 Å². The van der Waals surface area contributed by atoms with E-state index in [1.54, 1.807) is 0 Å². The molecule has 0 aliphatic heterocycles. The van der Waals surface area contributed by atoms with Gasteiger partial charge in [-0.15, -0.1) is 0 Å². The van der Waals surface area contributed by atoms with Crippen molar-refractivity contribution in [2.45, 2.75) is 31.1 Å². The van der Waals surface area contributed by atoms with Gasteiger partial charge < -0.3 is 5.73 Å². The first kappa shape index (κ1) is 6.43. The zero-order valence-electron chi connectivity index (χ0n) is 5.17. The highest BCUT2D eigenvalue weighted by atomic mass is 32.1. The van der Waals surface area contributed by atoms with Gasteiger partial charge in [0.1, 0.15) is 0 Å². The highest BCUT2D eigenvalue weighted by molar-refractivity contribution is 7.80. The molecule has 1 atom stereocenters. The Morgan fingerprint density at radius 3 is 2.25 bits per heavy atom. The quantitative estimate of drug-likeness (QED) is 0.511. The summed E-state index contributed by atoms with van der Waals surface area (Å²) in [5.74, 6) is 0.799. The molecule has 0 aromatic heterocycles. The molecule has 8 heavy (non-hydrogen) atoms. The SMILES string of the molecule is CC(S)C1CC(N)C1. The Bertz CT molecular complexity index is 76.6. The molecular formula is C6H13NS. The number of nitrogens with two attached hydrogens (primary N) is 1. The minimum absolute atomic E-state index is 0.481. The topological polar surface area (TPSA) is 26.0 Å². The molecule has 1 fully saturated rings. The van der Waals surface area contributed by atoms with Crippen LogP contribution in [0.2, 0.25) is 0 Å². The largest absolute Gasteiger partial charge is 0.328 e. The number of thiol groups is 1. The van der Waals surface area contributed by atoms with Gasteiger partial charge in [0, 0.05) is 11.3 Å². The predicted molar refractivity (Wildman–Crippen MR) is 39.1 cm³/mol. The summed E-state index contributed by atoms with van der Waals surface area (Å²) >= 11 is 4.31. The van der Waals surface area contributed by atoms with E-state index < -0.39 is 0 Å². The van der Waals surface area contributed by atoms with Crippen LogP contribution < -0.4 is 5.73 Å². The van der Waals surface area contributed by atoms with Gasteiger partial charge in [-0.25, -0.2) is 0 Å². The summed E-state index contributed by atoms with van der Waals surface area (Å²) < 4.78 is 0. The molecule has 0 radical (unpaired) electrons. The van der Waals surface area contributed by atoms with Crippen molar-refractivity contribution in [2.24, 2.45) is 11.7 Å². The lowest BCUT2D eigenvalue weighted by atomic mass is 9.79. The lowest BCUT2D eigenvalue weighted by Crippen LogP contribution is -2.39. The maximum atomic E-state index is 5.57. The van der Waals surface area contributed by atoms with E-state index in [2.05, 4.69) is 19.6 Å². The minimum Gasteiger partial charge on any atom is -0.328 e. The monoisotopic (exact) mass is 131 g/mol. The van der Waals surface area contributed by atoms with Crippen LogP contribution in [0.1, 0.15) is 19.8 Å². The van der Waals surface area contributed by atoms with Crippen LogP contribution in [0.15, 0.2) is 0 Å². The molecule has 2 heteroatoms. The molecule has 0 aromatic rings. The highest BCUT2D eigenvalue weighted by Crippen LogP contribution is 2.30. The average Bonchev–Trinajstić information content (AvgIpc) is 1.57. The third-order valence-electron chi connectivity index (χ3n) is 1.89. The minimum atomic E-state index is 0.481. The first-order valence-corrected chi connectivity index (χ1v) is 3.65. The predicted octanol–water partition coefficient (Wildman–Crippen LogP) is 1.04. The molecule has 48 valence electrons. The molecule has 1 unspecified atom stereocenters. The first-order valence-electron chi connectivity index (χ1n) is 3.14. The summed E-state index contributed by atoms with van der Waals surface area (Å²) in [5.41, 5.74) is 5.57. The Morgan fingerprint density at radius 2 is 2.12 bits per heavy atom. The summed E-state index contributed by atoms with van der Waals surface area (Å²) in [6.07, 6.45) is 2.37. The fourth-order valence-electron chi connectivity index (χ4n) is 1.10. The maximum absolute atomic E-state index is 5.57. The summed E-state index contributed by atoms with van der Waals surface area (Å²) in [5, 5.41) is 0.551. The Kier molecular flexibility index (Phi) is 1.83. The van der Waals surface area contributed by atoms with Crippen LogP contribution in [0.25, 0.3) is 0 Å². The zero-order chi connectivity index (χ0) is 6.15. The zero-order valence-corrected chi connectivity index (χ0v) is 6.07. The molecule has 0 saturated heterocycles. The molecule has 0 aromatic carbocycles. The smallest absolute Gasteiger partial charge is 0.00449 e. The van der Waals surface area contributed by atoms with E-state index in [9.17, 15) is 0 Å². The van der Waals surface area contributed by atoms with Gasteiger partial charge in [-0.2, -0.15) is 12.6 Å². The van der Waals surface area contributed by atoms with E-state index >= 15 is 0 Å². The van der Waals surface area contributed by atoms with Crippen LogP contribution in [0, 0.1) is 5.92 Å². The van der Waals surface area contributed by atoms with Gasteiger partial charge in [-0.3, -0.25) is 0 Å². The summed E-state index contributed by atoms with van der Waals surface area (Å²) in [4.78, 5) is 0. The molecule has 0 heterocycles. The van der Waals surface area contributed by atoms with E-state index in [4.69, 9.17) is 5.73 Å². The second-order valence-corrected chi connectivity index (χ2v) is 3.55. The van der Waals surface area contributed by atoms with Crippen molar-refractivity contribution in [1.82, 2.24) is 0 Å². The van der Waals surface area contributed by atoms with Crippen molar-refractivity contribution < 1.29 is 0 Å². The Labute approximate surface area is 56.1 Å². The average molecular weight is 131 g/mol. The number of hydrogen-bond donors (Lipinski definition) is 2. The Hall–Kier alpha value is 0.310. The van der Waals surface area contributed by atoms with Crippen LogP contribution >= 0.6 is 12.6 Å². The van der Waals surface area contributed by atoms with E-state index in [0.29, 0.717) is 11.3 Å². The number of rotatable bonds is 1. The molecule has 1 aliphatic carbocycles. The van der Waals surface area contributed by atoms with Gasteiger partial charge in [-0.05, 0) is 18.8 Å². The number of hydrogen-bond acceptors (Lipinski definition) is 2. The third kappa shape index (κ3) is 1.17. The Morgan fingerprint density at radius 1 is 1.62 bits per heavy atom. The van der Waals surface area contributed by atoms with Gasteiger partial charge in [0.25, 0.3) is 0 Å². The van der Waals surface area contributed by atoms with E-state index in [0.717, 1.165) is 5.92 Å². The summed E-state index contributed by atoms with van der Waals surface area (Å²) in [7, 11) is 0. The normalized spacial score (nSPS) is 40.9. The van der Waals surface area contributed by atoms with Crippen LogP contribution in [-0.2, 0) is 0 Å². The molecule has 1 nitrogen and oxygen atoms in total. The molecule has 1 rings (SSSR count). The molecule has 0 spiro atoms. The van der Waals surface area contributed by atoms with Crippen molar-refractivity contribution in [3.05, 3.63) is 0 Å². The van der Waals surface area contributed by atoms with Crippen molar-refractivity contribution in [3.8, 4) is 0 Å². The van der Waals surface area contributed by atoms with Gasteiger partial charge in [0.2, 0.25) is 0 Å². The lowest BCUT2D eigenvalue weighted by Gasteiger charge is -2.34. The molecule has 2 N–H and O–H groups in total. The van der Waals surface area contributed by atoms with Gasteiger partial charge in [0.05, 0.1) is 0 Å². The fourth-order valence-corrected chi connectivity index (χ4v) is 1.35. The molecular weight excluding hydrogens is 118 g/mol. The van der Waals surface area contributed by atoms with Crippen LogP contribution in [0.3, 0.4) is 0 Å². The first-order chi connectivity index (χ1) is 3.70. The Balaban J connectivity index is 2.15. The summed E-state index contributed by atoms with van der Waals surface area (Å²) in [6, 6.07) is 0.481. The van der Waals surface area contributed by atoms with Gasteiger partial charge >= 0.3 is 0 Å². The van der Waals surface area contributed by atoms with Crippen LogP contribution in [0.4, 0.5) is 0 Å². The van der Waals surface area contributed by atoms with Crippen LogP contribution in [-0.4, -0.2) is 11.3 Å². The van der Waals surface area contributed by atoms with Crippen molar-refractivity contribution in [2.75, 3.05) is 0 Å². The van der Waals surface area contributed by atoms with E-state index in [-0.39, 0.29) is 0 Å². The molecule has 0 amide bonds. The second kappa shape index (κ2) is 2.28. The van der Waals surface area contributed by atoms with Crippen LogP contribution in [0.5, 0.6) is 0 Å². The van der Waals surface area contributed by atoms with Crippen molar-refractivity contribution in [3.63, 3.8) is 0 Å². The van der Waals surface area contributed by atoms with E-state index in [1.165, 1.54) is 12.8 Å². The van der Waals surface area contributed by atoms with Crippen molar-refractivity contribution >= 4 is 12.6 Å². The third-order valence-corrected chi connectivity index (χ3v) is 2.31. The molecule has 1 saturated carbocycles.